The van der Waals surface area contributed by atoms with Gasteiger partial charge in [-0.3, -0.25) is 14.4 Å². The lowest BCUT2D eigenvalue weighted by atomic mass is 9.91. The van der Waals surface area contributed by atoms with E-state index in [-0.39, 0.29) is 29.7 Å². The number of piperidine rings is 1. The molecule has 2 rings (SSSR count). The lowest BCUT2D eigenvalue weighted by Crippen LogP contribution is -2.62. The Morgan fingerprint density at radius 2 is 1.68 bits per heavy atom. The second-order valence-electron chi connectivity index (χ2n) is 10.7. The van der Waals surface area contributed by atoms with Crippen LogP contribution in [-0.2, 0) is 14.4 Å². The lowest BCUT2D eigenvalue weighted by molar-refractivity contribution is -0.150. The Hall–Kier alpha value is -2.15. The van der Waals surface area contributed by atoms with Crippen molar-refractivity contribution in [3.63, 3.8) is 0 Å². The number of nitrogens with zero attached hydrogens (tertiary/aromatic N) is 3. The maximum atomic E-state index is 13.6. The van der Waals surface area contributed by atoms with Crippen LogP contribution in [0.5, 0.6) is 0 Å². The number of hydrogen-bond donors (Lipinski definition) is 1. The molecule has 34 heavy (non-hydrogen) atoms. The minimum absolute atomic E-state index is 0.0592. The summed E-state index contributed by atoms with van der Waals surface area (Å²) in [6.07, 6.45) is 7.05. The van der Waals surface area contributed by atoms with Gasteiger partial charge in [0.1, 0.15) is 6.04 Å². The van der Waals surface area contributed by atoms with Gasteiger partial charge in [0, 0.05) is 45.7 Å². The van der Waals surface area contributed by atoms with Gasteiger partial charge >= 0.3 is 0 Å². The van der Waals surface area contributed by atoms with Crippen molar-refractivity contribution in [3.05, 3.63) is 25.3 Å². The van der Waals surface area contributed by atoms with E-state index in [1.807, 2.05) is 9.80 Å². The van der Waals surface area contributed by atoms with E-state index in [0.29, 0.717) is 57.4 Å². The zero-order valence-corrected chi connectivity index (χ0v) is 21.8. The fourth-order valence-electron chi connectivity index (χ4n) is 5.06. The van der Waals surface area contributed by atoms with Crippen LogP contribution in [0.4, 0.5) is 0 Å². The average Bonchev–Trinajstić information content (AvgIpc) is 2.78. The molecule has 0 bridgehead atoms. The monoisotopic (exact) mass is 474 g/mol. The van der Waals surface area contributed by atoms with Crippen molar-refractivity contribution in [1.29, 1.82) is 0 Å². The summed E-state index contributed by atoms with van der Waals surface area (Å²) >= 11 is 0. The number of piperazine rings is 1. The number of carbonyl (C=O) groups excluding carboxylic acids is 3. The number of rotatable bonds is 12. The van der Waals surface area contributed by atoms with Gasteiger partial charge in [-0.1, -0.05) is 39.8 Å². The molecule has 2 fully saturated rings. The molecule has 0 aromatic carbocycles. The predicted molar refractivity (Wildman–Crippen MR) is 137 cm³/mol. The summed E-state index contributed by atoms with van der Waals surface area (Å²) in [5.74, 6) is 1.24. The molecule has 2 aliphatic rings. The van der Waals surface area contributed by atoms with E-state index < -0.39 is 6.04 Å². The van der Waals surface area contributed by atoms with Crippen molar-refractivity contribution in [2.75, 3.05) is 39.3 Å². The summed E-state index contributed by atoms with van der Waals surface area (Å²) in [6.45, 7) is 19.6. The van der Waals surface area contributed by atoms with Crippen molar-refractivity contribution in [2.24, 2.45) is 17.8 Å². The van der Waals surface area contributed by atoms with Gasteiger partial charge in [0.25, 0.3) is 0 Å². The molecule has 3 amide bonds. The topological polar surface area (TPSA) is 73.0 Å². The normalized spacial score (nSPS) is 20.5. The summed E-state index contributed by atoms with van der Waals surface area (Å²) in [7, 11) is 0. The minimum atomic E-state index is -0.405. The highest BCUT2D eigenvalue weighted by Gasteiger charge is 2.39. The van der Waals surface area contributed by atoms with E-state index in [2.05, 4.69) is 46.2 Å². The number of nitrogens with one attached hydrogen (secondary N) is 1. The van der Waals surface area contributed by atoms with Crippen LogP contribution in [0.2, 0.25) is 0 Å². The first kappa shape index (κ1) is 28.1. The van der Waals surface area contributed by atoms with Crippen LogP contribution in [0.15, 0.2) is 25.3 Å². The third-order valence-electron chi connectivity index (χ3n) is 6.83. The molecule has 0 spiro atoms. The van der Waals surface area contributed by atoms with Crippen molar-refractivity contribution in [3.8, 4) is 0 Å². The van der Waals surface area contributed by atoms with Gasteiger partial charge in [-0.25, -0.2) is 0 Å². The van der Waals surface area contributed by atoms with Crippen LogP contribution in [0.1, 0.15) is 59.8 Å². The Bertz CT molecular complexity index is 703. The number of amides is 3. The highest BCUT2D eigenvalue weighted by atomic mass is 16.2. The van der Waals surface area contributed by atoms with Gasteiger partial charge in [-0.2, -0.15) is 0 Å². The molecule has 0 radical (unpaired) electrons. The van der Waals surface area contributed by atoms with E-state index in [1.54, 1.807) is 17.1 Å². The standard InChI is InChI=1S/C27H46N4O3/c1-7-12-29(13-8-2)25(32)19-22-9-14-30(15-10-22)27(34)24(18-21(5)6)31-16-11-28-23(26(31)33)17-20(3)4/h7-8,20-24,28H,1-2,9-19H2,3-6H3/t23-,24-/m0/s1. The van der Waals surface area contributed by atoms with Crippen LogP contribution >= 0.6 is 0 Å². The molecule has 2 saturated heterocycles. The van der Waals surface area contributed by atoms with Crippen LogP contribution in [0.25, 0.3) is 0 Å². The van der Waals surface area contributed by atoms with Crippen molar-refractivity contribution >= 4 is 17.7 Å². The van der Waals surface area contributed by atoms with Gasteiger partial charge in [0.2, 0.25) is 17.7 Å². The van der Waals surface area contributed by atoms with Gasteiger partial charge in [0.05, 0.1) is 6.04 Å². The first-order chi connectivity index (χ1) is 16.2. The third kappa shape index (κ3) is 7.97. The number of carbonyl (C=O) groups is 3. The summed E-state index contributed by atoms with van der Waals surface area (Å²) in [6, 6.07) is -0.611. The Balaban J connectivity index is 2.00. The highest BCUT2D eigenvalue weighted by molar-refractivity contribution is 5.90. The predicted octanol–water partition coefficient (Wildman–Crippen LogP) is 3.08. The average molecular weight is 475 g/mol. The van der Waals surface area contributed by atoms with E-state index in [9.17, 15) is 14.4 Å². The molecule has 0 saturated carbocycles. The summed E-state index contributed by atoms with van der Waals surface area (Å²) in [5, 5.41) is 3.34. The van der Waals surface area contributed by atoms with Crippen LogP contribution in [0, 0.1) is 17.8 Å². The Morgan fingerprint density at radius 3 is 2.21 bits per heavy atom. The van der Waals surface area contributed by atoms with E-state index in [4.69, 9.17) is 0 Å². The lowest BCUT2D eigenvalue weighted by Gasteiger charge is -2.42. The van der Waals surface area contributed by atoms with E-state index in [1.165, 1.54) is 0 Å². The fraction of sp³-hybridized carbons (Fsp3) is 0.741. The summed E-state index contributed by atoms with van der Waals surface area (Å²) in [5.41, 5.74) is 0. The molecule has 0 unspecified atom stereocenters. The molecule has 192 valence electrons. The zero-order chi connectivity index (χ0) is 25.3. The smallest absolute Gasteiger partial charge is 0.245 e. The maximum Gasteiger partial charge on any atom is 0.245 e. The minimum Gasteiger partial charge on any atom is -0.341 e. The van der Waals surface area contributed by atoms with Crippen LogP contribution in [0.3, 0.4) is 0 Å². The molecule has 2 aliphatic heterocycles. The molecule has 7 heteroatoms. The highest BCUT2D eigenvalue weighted by Crippen LogP contribution is 2.25. The first-order valence-corrected chi connectivity index (χ1v) is 13.0. The maximum absolute atomic E-state index is 13.6. The SMILES string of the molecule is C=CCN(CC=C)C(=O)CC1CCN(C(=O)[C@H](CC(C)C)N2CCN[C@@H](CC(C)C)C2=O)CC1. The summed E-state index contributed by atoms with van der Waals surface area (Å²) in [4.78, 5) is 45.1. The number of hydrogen-bond acceptors (Lipinski definition) is 4. The molecule has 7 nitrogen and oxygen atoms in total. The molecule has 0 aromatic heterocycles. The van der Waals surface area contributed by atoms with E-state index >= 15 is 0 Å². The second-order valence-corrected chi connectivity index (χ2v) is 10.7. The van der Waals surface area contributed by atoms with Gasteiger partial charge in [-0.05, 0) is 43.4 Å². The van der Waals surface area contributed by atoms with E-state index in [0.717, 1.165) is 25.8 Å². The molecule has 1 N–H and O–H groups in total. The van der Waals surface area contributed by atoms with Crippen molar-refractivity contribution < 1.29 is 14.4 Å². The molecule has 0 aromatic rings. The van der Waals surface area contributed by atoms with Crippen LogP contribution in [-0.4, -0.2) is 83.8 Å². The quantitative estimate of drug-likeness (QED) is 0.441. The molecule has 2 heterocycles. The van der Waals surface area contributed by atoms with Crippen LogP contribution < -0.4 is 5.32 Å². The molecular weight excluding hydrogens is 428 g/mol. The molecule has 0 aliphatic carbocycles. The first-order valence-electron chi connectivity index (χ1n) is 13.0. The molecule has 2 atom stereocenters. The summed E-state index contributed by atoms with van der Waals surface area (Å²) < 4.78 is 0. The Kier molecular flexibility index (Phi) is 11.3. The number of likely N-dealkylation sites (tertiary alicyclic amines) is 1. The van der Waals surface area contributed by atoms with Crippen molar-refractivity contribution in [2.45, 2.75) is 71.9 Å². The van der Waals surface area contributed by atoms with Gasteiger partial charge < -0.3 is 20.0 Å². The Morgan fingerprint density at radius 1 is 1.06 bits per heavy atom. The zero-order valence-electron chi connectivity index (χ0n) is 21.8. The van der Waals surface area contributed by atoms with Crippen molar-refractivity contribution in [1.82, 2.24) is 20.0 Å². The van der Waals surface area contributed by atoms with Gasteiger partial charge in [-0.15, -0.1) is 13.2 Å². The second kappa shape index (κ2) is 13.7. The van der Waals surface area contributed by atoms with Gasteiger partial charge in [0.15, 0.2) is 0 Å². The molecular formula is C27H46N4O3. The largest absolute Gasteiger partial charge is 0.341 e. The third-order valence-corrected chi connectivity index (χ3v) is 6.83. The fourth-order valence-corrected chi connectivity index (χ4v) is 5.06. The Labute approximate surface area is 206 Å².